The average molecular weight is 446 g/mol. The highest BCUT2D eigenvalue weighted by atomic mass is 19.3. The lowest BCUT2D eigenvalue weighted by Crippen LogP contribution is -2.55. The lowest BCUT2D eigenvalue weighted by molar-refractivity contribution is -0.131. The molecule has 2 aliphatic heterocycles. The van der Waals surface area contributed by atoms with E-state index in [1.807, 2.05) is 4.90 Å². The number of hydrogen-bond donors (Lipinski definition) is 1. The molecule has 5 rings (SSSR count). The monoisotopic (exact) mass is 446 g/mol. The van der Waals surface area contributed by atoms with Gasteiger partial charge in [-0.3, -0.25) is 9.59 Å². The number of carbonyl (C=O) groups excluding carboxylic acids is 2. The summed E-state index contributed by atoms with van der Waals surface area (Å²) in [4.78, 5) is 27.7. The second-order valence-corrected chi connectivity index (χ2v) is 8.52. The summed E-state index contributed by atoms with van der Waals surface area (Å²) in [6.07, 6.45) is 1.96. The number of ether oxygens (including phenoxy) is 1. The molecule has 0 spiro atoms. The highest BCUT2D eigenvalue weighted by Crippen LogP contribution is 2.34. The lowest BCUT2D eigenvalue weighted by Gasteiger charge is -2.38. The Hall–Kier alpha value is -2.88. The Labute approximate surface area is 183 Å². The van der Waals surface area contributed by atoms with Crippen LogP contribution in [0, 0.1) is 0 Å². The second kappa shape index (κ2) is 8.57. The topological polar surface area (TPSA) is 97.6 Å². The Kier molecular flexibility index (Phi) is 5.62. The van der Waals surface area contributed by atoms with E-state index in [2.05, 4.69) is 15.5 Å². The molecule has 1 aromatic carbocycles. The van der Waals surface area contributed by atoms with Crippen LogP contribution in [0.3, 0.4) is 0 Å². The van der Waals surface area contributed by atoms with E-state index in [4.69, 9.17) is 9.15 Å². The number of fused-ring (bicyclic) bond motifs is 1. The van der Waals surface area contributed by atoms with Crippen molar-refractivity contribution in [3.63, 3.8) is 0 Å². The minimum absolute atomic E-state index is 0.0475. The van der Waals surface area contributed by atoms with Crippen LogP contribution in [-0.2, 0) is 16.1 Å². The van der Waals surface area contributed by atoms with E-state index in [-0.39, 0.29) is 29.8 Å². The van der Waals surface area contributed by atoms with Gasteiger partial charge in [0.2, 0.25) is 11.8 Å². The van der Waals surface area contributed by atoms with Gasteiger partial charge in [0.1, 0.15) is 6.10 Å². The lowest BCUT2D eigenvalue weighted by atomic mass is 9.89. The summed E-state index contributed by atoms with van der Waals surface area (Å²) in [5, 5.41) is 10.1. The maximum absolute atomic E-state index is 13.3. The second-order valence-electron chi connectivity index (χ2n) is 8.52. The highest BCUT2D eigenvalue weighted by molar-refractivity contribution is 5.99. The molecule has 8 nitrogen and oxygen atoms in total. The molecule has 3 heterocycles. The van der Waals surface area contributed by atoms with E-state index >= 15 is 0 Å². The first kappa shape index (κ1) is 21.0. The summed E-state index contributed by atoms with van der Waals surface area (Å²) in [7, 11) is 0. The van der Waals surface area contributed by atoms with E-state index in [1.54, 1.807) is 18.2 Å². The summed E-state index contributed by atoms with van der Waals surface area (Å²) in [6, 6.07) is 4.87. The number of benzene rings is 1. The Morgan fingerprint density at radius 2 is 2.00 bits per heavy atom. The van der Waals surface area contributed by atoms with Crippen LogP contribution in [0.5, 0.6) is 0 Å². The smallest absolute Gasteiger partial charge is 0.314 e. The molecule has 1 saturated heterocycles. The van der Waals surface area contributed by atoms with Gasteiger partial charge < -0.3 is 19.4 Å². The predicted octanol–water partition coefficient (Wildman–Crippen LogP) is 3.24. The zero-order valence-corrected chi connectivity index (χ0v) is 17.4. The van der Waals surface area contributed by atoms with Gasteiger partial charge >= 0.3 is 6.43 Å². The molecule has 0 bridgehead atoms. The minimum atomic E-state index is -2.85. The van der Waals surface area contributed by atoms with Crippen molar-refractivity contribution in [3.05, 3.63) is 35.2 Å². The number of rotatable bonds is 5. The molecule has 1 N–H and O–H groups in total. The van der Waals surface area contributed by atoms with E-state index in [9.17, 15) is 18.4 Å². The molecule has 3 atom stereocenters. The van der Waals surface area contributed by atoms with Gasteiger partial charge in [0.05, 0.1) is 6.04 Å². The SMILES string of the molecule is O=C(N[C@@H]1CCCC[C@H]1N1Cc2ccc(-c3nnc(C(F)F)o3)cc2C1=O)C1CCCO1. The van der Waals surface area contributed by atoms with Gasteiger partial charge in [0.25, 0.3) is 11.8 Å². The maximum Gasteiger partial charge on any atom is 0.314 e. The molecule has 1 saturated carbocycles. The highest BCUT2D eigenvalue weighted by Gasteiger charge is 2.39. The van der Waals surface area contributed by atoms with Crippen LogP contribution in [0.4, 0.5) is 8.78 Å². The number of amides is 2. The number of hydrogen-bond acceptors (Lipinski definition) is 6. The van der Waals surface area contributed by atoms with Crippen molar-refractivity contribution < 1.29 is 27.5 Å². The number of alkyl halides is 2. The molecule has 1 aromatic heterocycles. The number of carbonyl (C=O) groups is 2. The van der Waals surface area contributed by atoms with Crippen LogP contribution >= 0.6 is 0 Å². The molecule has 0 radical (unpaired) electrons. The Morgan fingerprint density at radius 1 is 1.16 bits per heavy atom. The van der Waals surface area contributed by atoms with Crippen molar-refractivity contribution in [2.24, 2.45) is 0 Å². The molecule has 10 heteroatoms. The van der Waals surface area contributed by atoms with Crippen LogP contribution < -0.4 is 5.32 Å². The molecular formula is C22H24F2N4O4. The third-order valence-corrected chi connectivity index (χ3v) is 6.50. The van der Waals surface area contributed by atoms with Gasteiger partial charge in [-0.1, -0.05) is 18.9 Å². The Morgan fingerprint density at radius 3 is 2.75 bits per heavy atom. The third kappa shape index (κ3) is 3.87. The van der Waals surface area contributed by atoms with Crippen molar-refractivity contribution in [1.82, 2.24) is 20.4 Å². The van der Waals surface area contributed by atoms with E-state index in [0.29, 0.717) is 24.3 Å². The molecule has 1 aliphatic carbocycles. The summed E-state index contributed by atoms with van der Waals surface area (Å²) in [6.45, 7) is 1.05. The van der Waals surface area contributed by atoms with Crippen molar-refractivity contribution in [3.8, 4) is 11.5 Å². The van der Waals surface area contributed by atoms with E-state index in [1.165, 1.54) is 0 Å². The Balaban J connectivity index is 1.34. The predicted molar refractivity (Wildman–Crippen MR) is 108 cm³/mol. The van der Waals surface area contributed by atoms with E-state index < -0.39 is 18.4 Å². The summed E-state index contributed by atoms with van der Waals surface area (Å²) >= 11 is 0. The van der Waals surface area contributed by atoms with Crippen LogP contribution in [0.25, 0.3) is 11.5 Å². The molecule has 32 heavy (non-hydrogen) atoms. The van der Waals surface area contributed by atoms with Crippen molar-refractivity contribution >= 4 is 11.8 Å². The van der Waals surface area contributed by atoms with Gasteiger partial charge in [-0.2, -0.15) is 8.78 Å². The van der Waals surface area contributed by atoms with Crippen molar-refractivity contribution in [2.45, 2.75) is 69.7 Å². The van der Waals surface area contributed by atoms with Crippen LogP contribution in [0.2, 0.25) is 0 Å². The molecule has 3 aliphatic rings. The van der Waals surface area contributed by atoms with Gasteiger partial charge in [0.15, 0.2) is 0 Å². The summed E-state index contributed by atoms with van der Waals surface area (Å²) < 4.78 is 36.1. The molecular weight excluding hydrogens is 422 g/mol. The number of halogens is 2. The number of aromatic nitrogens is 2. The van der Waals surface area contributed by atoms with Gasteiger partial charge in [-0.25, -0.2) is 0 Å². The van der Waals surface area contributed by atoms with Crippen molar-refractivity contribution in [2.75, 3.05) is 6.61 Å². The largest absolute Gasteiger partial charge is 0.415 e. The third-order valence-electron chi connectivity index (χ3n) is 6.50. The van der Waals surface area contributed by atoms with E-state index in [0.717, 1.165) is 44.1 Å². The van der Waals surface area contributed by atoms with Gasteiger partial charge in [-0.15, -0.1) is 10.2 Å². The fourth-order valence-corrected chi connectivity index (χ4v) is 4.88. The quantitative estimate of drug-likeness (QED) is 0.757. The number of nitrogens with one attached hydrogen (secondary N) is 1. The first-order valence-corrected chi connectivity index (χ1v) is 11.0. The molecule has 2 aromatic rings. The Bertz CT molecular complexity index is 1020. The summed E-state index contributed by atoms with van der Waals surface area (Å²) in [5.74, 6) is -1.04. The number of nitrogens with zero attached hydrogens (tertiary/aromatic N) is 3. The molecule has 2 amide bonds. The van der Waals surface area contributed by atoms with Crippen LogP contribution in [-0.4, -0.2) is 51.7 Å². The first-order chi connectivity index (χ1) is 15.5. The molecule has 2 fully saturated rings. The zero-order chi connectivity index (χ0) is 22.2. The van der Waals surface area contributed by atoms with Crippen molar-refractivity contribution in [1.29, 1.82) is 0 Å². The standard InChI is InChI=1S/C22H24F2N4O4/c23-18(24)21-27-26-20(32-21)12-7-8-13-11-28(22(30)14(13)10-12)16-5-2-1-4-15(16)25-19(29)17-6-3-9-31-17/h7-8,10,15-18H,1-6,9,11H2,(H,25,29)/t15-,16-,17?/m1/s1. The van der Waals surface area contributed by atoms with Crippen LogP contribution in [0.15, 0.2) is 22.6 Å². The average Bonchev–Trinajstić information content (AvgIpc) is 3.55. The zero-order valence-electron chi connectivity index (χ0n) is 17.4. The van der Waals surface area contributed by atoms with Gasteiger partial charge in [-0.05, 0) is 43.4 Å². The maximum atomic E-state index is 13.3. The van der Waals surface area contributed by atoms with Gasteiger partial charge in [0, 0.05) is 30.3 Å². The fourth-order valence-electron chi connectivity index (χ4n) is 4.88. The summed E-state index contributed by atoms with van der Waals surface area (Å²) in [5.41, 5.74) is 1.77. The fraction of sp³-hybridized carbons (Fsp3) is 0.545. The van der Waals surface area contributed by atoms with Crippen LogP contribution in [0.1, 0.15) is 66.8 Å². The first-order valence-electron chi connectivity index (χ1n) is 11.0. The minimum Gasteiger partial charge on any atom is -0.415 e. The molecule has 170 valence electrons. The molecule has 1 unspecified atom stereocenters. The normalized spacial score (nSPS) is 25.4.